The summed E-state index contributed by atoms with van der Waals surface area (Å²) < 4.78 is 0. The fraction of sp³-hybridized carbons (Fsp3) is 0.500. The Labute approximate surface area is 90.2 Å². The summed E-state index contributed by atoms with van der Waals surface area (Å²) in [5.41, 5.74) is 0. The fourth-order valence-electron chi connectivity index (χ4n) is 1.95. The van der Waals surface area contributed by atoms with E-state index >= 15 is 0 Å². The number of hydrogen-bond acceptors (Lipinski definition) is 3. The van der Waals surface area contributed by atoms with Crippen molar-refractivity contribution in [2.45, 2.75) is 38.1 Å². The molecule has 0 bridgehead atoms. The van der Waals surface area contributed by atoms with Crippen molar-refractivity contribution in [1.82, 2.24) is 5.23 Å². The Hall–Kier alpha value is -1.06. The molecule has 15 heavy (non-hydrogen) atoms. The summed E-state index contributed by atoms with van der Waals surface area (Å²) in [5, 5.41) is 12.4. The van der Waals surface area contributed by atoms with Crippen LogP contribution in [0, 0.1) is 5.21 Å². The number of para-hydroxylation sites is 1. The summed E-state index contributed by atoms with van der Waals surface area (Å²) in [6.45, 7) is 0. The van der Waals surface area contributed by atoms with Gasteiger partial charge in [-0.25, -0.2) is 5.23 Å². The molecule has 1 aliphatic rings. The Balaban J connectivity index is 1.88. The standard InChI is InChI=1S/C12H16NO2/c14-13(11-7-3-1-4-8-11)15-12-9-5-2-6-10-12/h2,5-6,9-11H,1,3-4,7-8H2/q-1. The predicted octanol–water partition coefficient (Wildman–Crippen LogP) is 3.11. The molecule has 1 aliphatic carbocycles. The Morgan fingerprint density at radius 2 is 1.73 bits per heavy atom. The van der Waals surface area contributed by atoms with Gasteiger partial charge in [-0.15, -0.1) is 0 Å². The van der Waals surface area contributed by atoms with Crippen LogP contribution in [0.5, 0.6) is 5.75 Å². The SMILES string of the molecule is [O-]N(Oc1ccccc1)C1CCCCC1. The molecule has 3 nitrogen and oxygen atoms in total. The van der Waals surface area contributed by atoms with Crippen molar-refractivity contribution in [3.8, 4) is 5.75 Å². The summed E-state index contributed by atoms with van der Waals surface area (Å²) in [5.74, 6) is 0.623. The summed E-state index contributed by atoms with van der Waals surface area (Å²) in [6.07, 6.45) is 5.44. The predicted molar refractivity (Wildman–Crippen MR) is 59.1 cm³/mol. The van der Waals surface area contributed by atoms with Crippen molar-refractivity contribution >= 4 is 0 Å². The molecule has 0 radical (unpaired) electrons. The van der Waals surface area contributed by atoms with Crippen LogP contribution in [-0.2, 0) is 0 Å². The van der Waals surface area contributed by atoms with Crippen LogP contribution in [0.4, 0.5) is 0 Å². The lowest BCUT2D eigenvalue weighted by Crippen LogP contribution is -2.34. The van der Waals surface area contributed by atoms with Gasteiger partial charge in [0.25, 0.3) is 0 Å². The first-order valence-corrected chi connectivity index (χ1v) is 5.55. The first-order chi connectivity index (χ1) is 7.36. The summed E-state index contributed by atoms with van der Waals surface area (Å²) in [4.78, 5) is 5.23. The highest BCUT2D eigenvalue weighted by atomic mass is 16.9. The minimum absolute atomic E-state index is 0.0407. The van der Waals surface area contributed by atoms with Gasteiger partial charge in [0.2, 0.25) is 0 Å². The largest absolute Gasteiger partial charge is 0.752 e. The zero-order chi connectivity index (χ0) is 10.5. The fourth-order valence-corrected chi connectivity index (χ4v) is 1.95. The zero-order valence-electron chi connectivity index (χ0n) is 8.76. The molecule has 0 N–H and O–H groups in total. The molecule has 2 rings (SSSR count). The maximum Gasteiger partial charge on any atom is 0.146 e. The van der Waals surface area contributed by atoms with E-state index < -0.39 is 0 Å². The van der Waals surface area contributed by atoms with E-state index in [4.69, 9.17) is 4.84 Å². The first kappa shape index (κ1) is 10.5. The second kappa shape index (κ2) is 5.14. The average Bonchev–Trinajstić information content (AvgIpc) is 2.31. The van der Waals surface area contributed by atoms with Gasteiger partial charge in [0.1, 0.15) is 5.75 Å². The van der Waals surface area contributed by atoms with E-state index in [-0.39, 0.29) is 6.04 Å². The molecular formula is C12H16NO2-. The van der Waals surface area contributed by atoms with Crippen molar-refractivity contribution in [3.05, 3.63) is 35.5 Å². The molecule has 0 aromatic heterocycles. The van der Waals surface area contributed by atoms with Crippen LogP contribution >= 0.6 is 0 Å². The van der Waals surface area contributed by atoms with E-state index in [1.807, 2.05) is 18.2 Å². The topological polar surface area (TPSA) is 35.5 Å². The number of hydrogen-bond donors (Lipinski definition) is 0. The first-order valence-electron chi connectivity index (χ1n) is 5.55. The highest BCUT2D eigenvalue weighted by Gasteiger charge is 2.15. The minimum atomic E-state index is 0.0407. The molecule has 0 heterocycles. The second-order valence-electron chi connectivity index (χ2n) is 3.98. The number of rotatable bonds is 3. The van der Waals surface area contributed by atoms with Crippen molar-refractivity contribution in [1.29, 1.82) is 0 Å². The smallest absolute Gasteiger partial charge is 0.146 e. The van der Waals surface area contributed by atoms with Crippen molar-refractivity contribution in [2.75, 3.05) is 0 Å². The lowest BCUT2D eigenvalue weighted by atomic mass is 9.96. The van der Waals surface area contributed by atoms with Gasteiger partial charge in [-0.1, -0.05) is 37.5 Å². The molecule has 0 aliphatic heterocycles. The maximum atomic E-state index is 11.7. The quantitative estimate of drug-likeness (QED) is 0.713. The summed E-state index contributed by atoms with van der Waals surface area (Å²) in [7, 11) is 0. The molecule has 0 spiro atoms. The van der Waals surface area contributed by atoms with E-state index in [0.717, 1.165) is 30.9 Å². The average molecular weight is 206 g/mol. The molecule has 82 valence electrons. The third-order valence-corrected chi connectivity index (χ3v) is 2.81. The van der Waals surface area contributed by atoms with Gasteiger partial charge in [-0.2, -0.15) is 0 Å². The summed E-state index contributed by atoms with van der Waals surface area (Å²) >= 11 is 0. The van der Waals surface area contributed by atoms with Crippen LogP contribution < -0.4 is 4.84 Å². The Morgan fingerprint density at radius 1 is 1.07 bits per heavy atom. The molecule has 1 aromatic carbocycles. The molecule has 0 amide bonds. The van der Waals surface area contributed by atoms with Crippen LogP contribution in [-0.4, -0.2) is 11.3 Å². The molecule has 0 atom stereocenters. The third kappa shape index (κ3) is 2.94. The molecule has 1 saturated carbocycles. The van der Waals surface area contributed by atoms with Gasteiger partial charge >= 0.3 is 0 Å². The molecule has 1 fully saturated rings. The molecule has 0 saturated heterocycles. The zero-order valence-corrected chi connectivity index (χ0v) is 8.76. The molecule has 3 heteroatoms. The Kier molecular flexibility index (Phi) is 3.59. The highest BCUT2D eigenvalue weighted by molar-refractivity contribution is 5.20. The third-order valence-electron chi connectivity index (χ3n) is 2.81. The maximum absolute atomic E-state index is 11.7. The second-order valence-corrected chi connectivity index (χ2v) is 3.98. The van der Waals surface area contributed by atoms with Gasteiger partial charge in [-0.3, -0.25) is 0 Å². The molecular weight excluding hydrogens is 190 g/mol. The van der Waals surface area contributed by atoms with Crippen molar-refractivity contribution in [3.63, 3.8) is 0 Å². The summed E-state index contributed by atoms with van der Waals surface area (Å²) in [6, 6.07) is 9.27. The van der Waals surface area contributed by atoms with Crippen LogP contribution in [0.25, 0.3) is 0 Å². The van der Waals surface area contributed by atoms with Crippen LogP contribution in [0.15, 0.2) is 30.3 Å². The van der Waals surface area contributed by atoms with Gasteiger partial charge in [0.05, 0.1) is 0 Å². The van der Waals surface area contributed by atoms with E-state index in [9.17, 15) is 5.21 Å². The Morgan fingerprint density at radius 3 is 2.40 bits per heavy atom. The Bertz CT molecular complexity index is 283. The van der Waals surface area contributed by atoms with Gasteiger partial charge < -0.3 is 10.0 Å². The van der Waals surface area contributed by atoms with Crippen LogP contribution in [0.2, 0.25) is 0 Å². The monoisotopic (exact) mass is 206 g/mol. The van der Waals surface area contributed by atoms with Crippen molar-refractivity contribution in [2.24, 2.45) is 0 Å². The lowest BCUT2D eigenvalue weighted by Gasteiger charge is -2.37. The van der Waals surface area contributed by atoms with Crippen LogP contribution in [0.3, 0.4) is 0 Å². The van der Waals surface area contributed by atoms with E-state index in [1.165, 1.54) is 6.42 Å². The minimum Gasteiger partial charge on any atom is -0.752 e. The number of nitrogens with zero attached hydrogens (tertiary/aromatic N) is 1. The van der Waals surface area contributed by atoms with Gasteiger partial charge in [-0.05, 0) is 25.0 Å². The number of benzene rings is 1. The molecule has 0 unspecified atom stereocenters. The highest BCUT2D eigenvalue weighted by Crippen LogP contribution is 2.23. The van der Waals surface area contributed by atoms with Crippen molar-refractivity contribution < 1.29 is 4.84 Å². The number of hydroxylamine groups is 2. The van der Waals surface area contributed by atoms with Crippen LogP contribution in [0.1, 0.15) is 32.1 Å². The molecule has 1 aromatic rings. The van der Waals surface area contributed by atoms with E-state index in [1.54, 1.807) is 12.1 Å². The van der Waals surface area contributed by atoms with E-state index in [0.29, 0.717) is 5.75 Å². The normalized spacial score (nSPS) is 18.0. The van der Waals surface area contributed by atoms with Gasteiger partial charge in [0.15, 0.2) is 0 Å². The van der Waals surface area contributed by atoms with E-state index in [2.05, 4.69) is 0 Å². The lowest BCUT2D eigenvalue weighted by molar-refractivity contribution is -0.0580. The van der Waals surface area contributed by atoms with Gasteiger partial charge in [0, 0.05) is 6.04 Å².